The van der Waals surface area contributed by atoms with Gasteiger partial charge in [-0.2, -0.15) is 0 Å². The number of thiocarbonyl (C=S) groups is 2. The van der Waals surface area contributed by atoms with E-state index in [-0.39, 0.29) is 11.0 Å². The lowest BCUT2D eigenvalue weighted by atomic mass is 10.3. The van der Waals surface area contributed by atoms with Crippen LogP contribution >= 0.6 is 35.8 Å². The summed E-state index contributed by atoms with van der Waals surface area (Å²) in [5.41, 5.74) is 6.19. The number of hydrogen-bond donors (Lipinski definition) is 4. The van der Waals surface area contributed by atoms with Crippen molar-refractivity contribution < 1.29 is 4.79 Å². The fourth-order valence-electron chi connectivity index (χ4n) is 1.53. The molecule has 0 aliphatic heterocycles. The first-order valence-electron chi connectivity index (χ1n) is 6.58. The summed E-state index contributed by atoms with van der Waals surface area (Å²) in [7, 11) is 0. The highest BCUT2D eigenvalue weighted by molar-refractivity contribution is 7.80. The fraction of sp³-hybridized carbons (Fsp3) is 0. The number of para-hydroxylation sites is 1. The second-order valence-electron chi connectivity index (χ2n) is 4.24. The van der Waals surface area contributed by atoms with Crippen LogP contribution in [0.1, 0.15) is 4.88 Å². The molecule has 0 bridgehead atoms. The van der Waals surface area contributed by atoms with E-state index in [4.69, 9.17) is 24.4 Å². The van der Waals surface area contributed by atoms with Crippen LogP contribution < -0.4 is 21.5 Å². The molecule has 0 saturated carbocycles. The van der Waals surface area contributed by atoms with E-state index < -0.39 is 0 Å². The summed E-state index contributed by atoms with van der Waals surface area (Å²) in [6, 6.07) is 13.3. The van der Waals surface area contributed by atoms with E-state index in [9.17, 15) is 4.79 Å². The summed E-state index contributed by atoms with van der Waals surface area (Å²) >= 11 is 11.7. The zero-order valence-electron chi connectivity index (χ0n) is 11.9. The number of carbonyl (C=O) groups excluding carboxylic acids is 1. The van der Waals surface area contributed by atoms with Gasteiger partial charge in [-0.1, -0.05) is 24.3 Å². The molecule has 1 amide bonds. The van der Waals surface area contributed by atoms with E-state index in [2.05, 4.69) is 21.5 Å². The average molecular weight is 363 g/mol. The van der Waals surface area contributed by atoms with Crippen molar-refractivity contribution in [3.8, 4) is 0 Å². The van der Waals surface area contributed by atoms with Crippen molar-refractivity contribution >= 4 is 63.7 Å². The third-order valence-corrected chi connectivity index (χ3v) is 3.75. The fourth-order valence-corrected chi connectivity index (χ4v) is 2.46. The van der Waals surface area contributed by atoms with Gasteiger partial charge in [-0.3, -0.25) is 21.0 Å². The van der Waals surface area contributed by atoms with Crippen LogP contribution in [0.5, 0.6) is 0 Å². The molecule has 1 aromatic heterocycles. The van der Waals surface area contributed by atoms with E-state index in [1.807, 2.05) is 47.8 Å². The molecule has 0 saturated heterocycles. The maximum Gasteiger partial charge on any atom is 0.250 e. The third kappa shape index (κ3) is 6.55. The summed E-state index contributed by atoms with van der Waals surface area (Å²) in [4.78, 5) is 12.7. The molecule has 8 heteroatoms. The first kappa shape index (κ1) is 17.1. The number of nitrogens with one attached hydrogen (secondary N) is 4. The molecule has 0 aliphatic carbocycles. The minimum absolute atomic E-state index is 0.128. The van der Waals surface area contributed by atoms with E-state index in [1.165, 1.54) is 6.08 Å². The van der Waals surface area contributed by atoms with Gasteiger partial charge in [0.1, 0.15) is 0 Å². The summed E-state index contributed by atoms with van der Waals surface area (Å²) in [5.74, 6) is -0.320. The Labute approximate surface area is 148 Å². The summed E-state index contributed by atoms with van der Waals surface area (Å²) in [5, 5.41) is 7.88. The predicted octanol–water partition coefficient (Wildman–Crippen LogP) is 2.65. The smallest absolute Gasteiger partial charge is 0.250 e. The Hall–Kier alpha value is -2.29. The summed E-state index contributed by atoms with van der Waals surface area (Å²) < 4.78 is 0. The van der Waals surface area contributed by atoms with Crippen molar-refractivity contribution in [2.45, 2.75) is 0 Å². The Morgan fingerprint density at radius 1 is 1.00 bits per heavy atom. The van der Waals surface area contributed by atoms with E-state index in [0.717, 1.165) is 10.6 Å². The predicted molar refractivity (Wildman–Crippen MR) is 103 cm³/mol. The molecule has 5 nitrogen and oxygen atoms in total. The number of anilines is 1. The molecule has 1 heterocycles. The molecule has 0 spiro atoms. The number of carbonyl (C=O) groups is 1. The quantitative estimate of drug-likeness (QED) is 0.382. The Bertz CT molecular complexity index is 699. The van der Waals surface area contributed by atoms with Gasteiger partial charge in [-0.05, 0) is 54.1 Å². The maximum absolute atomic E-state index is 11.7. The Morgan fingerprint density at radius 2 is 1.74 bits per heavy atom. The van der Waals surface area contributed by atoms with Gasteiger partial charge in [0, 0.05) is 16.6 Å². The third-order valence-electron chi connectivity index (χ3n) is 2.50. The van der Waals surface area contributed by atoms with Gasteiger partial charge in [0.15, 0.2) is 10.2 Å². The van der Waals surface area contributed by atoms with Gasteiger partial charge in [-0.25, -0.2) is 0 Å². The minimum Gasteiger partial charge on any atom is -0.331 e. The van der Waals surface area contributed by atoms with Crippen molar-refractivity contribution in [1.29, 1.82) is 0 Å². The van der Waals surface area contributed by atoms with Crippen LogP contribution in [0.15, 0.2) is 53.9 Å². The van der Waals surface area contributed by atoms with E-state index >= 15 is 0 Å². The highest BCUT2D eigenvalue weighted by Gasteiger charge is 2.02. The first-order chi connectivity index (χ1) is 11.1. The zero-order valence-corrected chi connectivity index (χ0v) is 14.4. The topological polar surface area (TPSA) is 65.2 Å². The second-order valence-corrected chi connectivity index (χ2v) is 6.03. The largest absolute Gasteiger partial charge is 0.331 e. The molecular weight excluding hydrogens is 348 g/mol. The van der Waals surface area contributed by atoms with Crippen molar-refractivity contribution in [2.75, 3.05) is 5.32 Å². The zero-order chi connectivity index (χ0) is 16.5. The van der Waals surface area contributed by atoms with Crippen LogP contribution in [0.3, 0.4) is 0 Å². The molecule has 2 rings (SSSR count). The number of rotatable bonds is 3. The van der Waals surface area contributed by atoms with Crippen molar-refractivity contribution in [3.05, 3.63) is 58.8 Å². The molecule has 1 aromatic carbocycles. The van der Waals surface area contributed by atoms with E-state index in [1.54, 1.807) is 17.4 Å². The molecule has 2 aromatic rings. The van der Waals surface area contributed by atoms with Crippen molar-refractivity contribution in [1.82, 2.24) is 16.2 Å². The standard InChI is InChI=1S/C15H14N4OS3/c20-13(9-8-12-7-4-10-23-12)17-15(22)19-18-14(21)16-11-5-2-1-3-6-11/h1-10H,(H2,16,18,21)(H2,17,19,20,22)/b9-8+. The minimum atomic E-state index is -0.320. The number of benzene rings is 1. The molecule has 23 heavy (non-hydrogen) atoms. The SMILES string of the molecule is O=C(/C=C/c1cccs1)NC(=S)NNC(=S)Nc1ccccc1. The normalized spacial score (nSPS) is 10.1. The molecule has 0 fully saturated rings. The molecule has 0 unspecified atom stereocenters. The first-order valence-corrected chi connectivity index (χ1v) is 8.28. The molecule has 118 valence electrons. The maximum atomic E-state index is 11.7. The van der Waals surface area contributed by atoms with E-state index in [0.29, 0.717) is 5.11 Å². The monoisotopic (exact) mass is 362 g/mol. The Balaban J connectivity index is 1.70. The average Bonchev–Trinajstić information content (AvgIpc) is 3.05. The molecular formula is C15H14N4OS3. The molecule has 4 N–H and O–H groups in total. The van der Waals surface area contributed by atoms with Gasteiger partial charge < -0.3 is 5.32 Å². The molecule has 0 aliphatic rings. The van der Waals surface area contributed by atoms with Crippen LogP contribution in [0.25, 0.3) is 6.08 Å². The van der Waals surface area contributed by atoms with Crippen LogP contribution in [0.2, 0.25) is 0 Å². The number of amides is 1. The number of hydrogen-bond acceptors (Lipinski definition) is 4. The van der Waals surface area contributed by atoms with Crippen LogP contribution in [0, 0.1) is 0 Å². The van der Waals surface area contributed by atoms with Gasteiger partial charge in [0.25, 0.3) is 0 Å². The van der Waals surface area contributed by atoms with Gasteiger partial charge in [0.2, 0.25) is 5.91 Å². The van der Waals surface area contributed by atoms with Crippen molar-refractivity contribution in [3.63, 3.8) is 0 Å². The highest BCUT2D eigenvalue weighted by Crippen LogP contribution is 2.09. The summed E-state index contributed by atoms with van der Waals surface area (Å²) in [6.07, 6.45) is 3.14. The van der Waals surface area contributed by atoms with Crippen LogP contribution in [0.4, 0.5) is 5.69 Å². The Morgan fingerprint density at radius 3 is 2.43 bits per heavy atom. The van der Waals surface area contributed by atoms with Gasteiger partial charge in [-0.15, -0.1) is 11.3 Å². The van der Waals surface area contributed by atoms with Gasteiger partial charge >= 0.3 is 0 Å². The second kappa shape index (κ2) is 8.99. The van der Waals surface area contributed by atoms with Crippen molar-refractivity contribution in [2.24, 2.45) is 0 Å². The number of thiophene rings is 1. The van der Waals surface area contributed by atoms with Crippen LogP contribution in [-0.4, -0.2) is 16.1 Å². The molecule has 0 atom stereocenters. The van der Waals surface area contributed by atoms with Gasteiger partial charge in [0.05, 0.1) is 0 Å². The van der Waals surface area contributed by atoms with Crippen LogP contribution in [-0.2, 0) is 4.79 Å². The summed E-state index contributed by atoms with van der Waals surface area (Å²) in [6.45, 7) is 0. The molecule has 0 radical (unpaired) electrons. The lowest BCUT2D eigenvalue weighted by Gasteiger charge is -2.13. The Kier molecular flexibility index (Phi) is 6.67. The number of hydrazine groups is 1. The highest BCUT2D eigenvalue weighted by atomic mass is 32.1. The lowest BCUT2D eigenvalue weighted by Crippen LogP contribution is -2.49. The lowest BCUT2D eigenvalue weighted by molar-refractivity contribution is -0.115.